The van der Waals surface area contributed by atoms with Crippen LogP contribution in [0.5, 0.6) is 0 Å². The Morgan fingerprint density at radius 1 is 1.29 bits per heavy atom. The Kier molecular flexibility index (Phi) is 6.78. The van der Waals surface area contributed by atoms with Gasteiger partial charge in [-0.15, -0.1) is 11.3 Å². The van der Waals surface area contributed by atoms with E-state index < -0.39 is 0 Å². The van der Waals surface area contributed by atoms with Gasteiger partial charge in [0.2, 0.25) is 0 Å². The fourth-order valence-corrected chi connectivity index (χ4v) is 3.99. The topological polar surface area (TPSA) is 68.2 Å². The molecule has 0 aliphatic carbocycles. The van der Waals surface area contributed by atoms with E-state index in [1.165, 1.54) is 16.9 Å². The number of thiophene rings is 1. The van der Waals surface area contributed by atoms with Crippen molar-refractivity contribution in [2.75, 3.05) is 11.9 Å². The highest BCUT2D eigenvalue weighted by Crippen LogP contribution is 2.30. The van der Waals surface area contributed by atoms with E-state index >= 15 is 0 Å². The molecule has 0 aliphatic rings. The Morgan fingerprint density at radius 2 is 2.07 bits per heavy atom. The molecule has 0 amide bonds. The SMILES string of the molecule is CCOC(=O)c1cc(Cc2ccccc2)sc1NC(=S)NCc1cnn(C)c1. The van der Waals surface area contributed by atoms with E-state index in [0.717, 1.165) is 16.9 Å². The lowest BCUT2D eigenvalue weighted by Gasteiger charge is -2.09. The van der Waals surface area contributed by atoms with Gasteiger partial charge in [-0.3, -0.25) is 4.68 Å². The summed E-state index contributed by atoms with van der Waals surface area (Å²) in [6, 6.07) is 12.0. The Morgan fingerprint density at radius 3 is 2.75 bits per heavy atom. The minimum Gasteiger partial charge on any atom is -0.462 e. The number of aryl methyl sites for hydroxylation is 1. The van der Waals surface area contributed by atoms with Gasteiger partial charge in [0, 0.05) is 36.7 Å². The number of carbonyl (C=O) groups is 1. The second kappa shape index (κ2) is 9.48. The highest BCUT2D eigenvalue weighted by atomic mass is 32.1. The molecule has 0 bridgehead atoms. The fourth-order valence-electron chi connectivity index (χ4n) is 2.67. The minimum absolute atomic E-state index is 0.325. The summed E-state index contributed by atoms with van der Waals surface area (Å²) < 4.78 is 6.94. The molecule has 6 nitrogen and oxygen atoms in total. The third-order valence-corrected chi connectivity index (χ3v) is 5.23. The molecule has 2 heterocycles. The zero-order chi connectivity index (χ0) is 19.9. The van der Waals surface area contributed by atoms with E-state index in [2.05, 4.69) is 27.9 Å². The van der Waals surface area contributed by atoms with Crippen molar-refractivity contribution in [3.05, 3.63) is 70.4 Å². The summed E-state index contributed by atoms with van der Waals surface area (Å²) in [6.07, 6.45) is 4.45. The zero-order valence-corrected chi connectivity index (χ0v) is 17.4. The first kappa shape index (κ1) is 20.0. The van der Waals surface area contributed by atoms with Gasteiger partial charge < -0.3 is 15.4 Å². The van der Waals surface area contributed by atoms with Gasteiger partial charge in [-0.2, -0.15) is 5.10 Å². The number of benzene rings is 1. The van der Waals surface area contributed by atoms with Crippen LogP contribution in [0.15, 0.2) is 48.8 Å². The number of nitrogens with zero attached hydrogens (tertiary/aromatic N) is 2. The van der Waals surface area contributed by atoms with Gasteiger partial charge in [-0.25, -0.2) is 4.79 Å². The quantitative estimate of drug-likeness (QED) is 0.454. The number of esters is 1. The van der Waals surface area contributed by atoms with Gasteiger partial charge in [0.15, 0.2) is 5.11 Å². The van der Waals surface area contributed by atoms with Crippen molar-refractivity contribution < 1.29 is 9.53 Å². The Labute approximate surface area is 173 Å². The number of thiocarbonyl (C=S) groups is 1. The standard InChI is InChI=1S/C20H22N4O2S2/c1-3-26-19(25)17-10-16(9-14-7-5-4-6-8-14)28-18(17)23-20(27)21-11-15-12-22-24(2)13-15/h4-8,10,12-13H,3,9,11H2,1-2H3,(H2,21,23,27). The monoisotopic (exact) mass is 414 g/mol. The predicted molar refractivity (Wildman–Crippen MR) is 116 cm³/mol. The van der Waals surface area contributed by atoms with Crippen LogP contribution in [0.4, 0.5) is 5.00 Å². The van der Waals surface area contributed by atoms with Crippen molar-refractivity contribution in [1.82, 2.24) is 15.1 Å². The van der Waals surface area contributed by atoms with Crippen LogP contribution in [-0.2, 0) is 24.8 Å². The third-order valence-electron chi connectivity index (χ3n) is 3.94. The first-order chi connectivity index (χ1) is 13.5. The van der Waals surface area contributed by atoms with Crippen molar-refractivity contribution in [2.45, 2.75) is 19.9 Å². The summed E-state index contributed by atoms with van der Waals surface area (Å²) >= 11 is 6.90. The van der Waals surface area contributed by atoms with Crippen molar-refractivity contribution in [3.8, 4) is 0 Å². The maximum Gasteiger partial charge on any atom is 0.341 e. The van der Waals surface area contributed by atoms with E-state index in [-0.39, 0.29) is 5.97 Å². The number of ether oxygens (including phenoxy) is 1. The van der Waals surface area contributed by atoms with Gasteiger partial charge in [-0.05, 0) is 30.8 Å². The van der Waals surface area contributed by atoms with Crippen LogP contribution in [0.25, 0.3) is 0 Å². The van der Waals surface area contributed by atoms with Gasteiger partial charge >= 0.3 is 5.97 Å². The number of nitrogens with one attached hydrogen (secondary N) is 2. The zero-order valence-electron chi connectivity index (χ0n) is 15.8. The van der Waals surface area contributed by atoms with Crippen LogP contribution in [-0.4, -0.2) is 27.5 Å². The summed E-state index contributed by atoms with van der Waals surface area (Å²) in [4.78, 5) is 13.4. The van der Waals surface area contributed by atoms with Crippen LogP contribution in [0, 0.1) is 0 Å². The first-order valence-electron chi connectivity index (χ1n) is 8.91. The lowest BCUT2D eigenvalue weighted by atomic mass is 10.1. The number of hydrogen-bond acceptors (Lipinski definition) is 5. The first-order valence-corrected chi connectivity index (χ1v) is 10.1. The van der Waals surface area contributed by atoms with E-state index in [0.29, 0.717) is 28.8 Å². The molecule has 146 valence electrons. The molecule has 28 heavy (non-hydrogen) atoms. The fraction of sp³-hybridized carbons (Fsp3) is 0.250. The summed E-state index contributed by atoms with van der Waals surface area (Å²) in [7, 11) is 1.87. The average molecular weight is 415 g/mol. The molecule has 0 spiro atoms. The summed E-state index contributed by atoms with van der Waals surface area (Å²) in [6.45, 7) is 2.67. The normalized spacial score (nSPS) is 10.5. The number of hydrogen-bond donors (Lipinski definition) is 2. The summed E-state index contributed by atoms with van der Waals surface area (Å²) in [5, 5.41) is 11.6. The van der Waals surface area contributed by atoms with E-state index in [9.17, 15) is 4.79 Å². The highest BCUT2D eigenvalue weighted by molar-refractivity contribution is 7.80. The summed E-state index contributed by atoms with van der Waals surface area (Å²) in [5.74, 6) is -0.351. The second-order valence-corrected chi connectivity index (χ2v) is 7.71. The molecule has 0 saturated carbocycles. The number of rotatable bonds is 7. The van der Waals surface area contributed by atoms with Crippen LogP contribution < -0.4 is 10.6 Å². The third kappa shape index (κ3) is 5.40. The predicted octanol–water partition coefficient (Wildman–Crippen LogP) is 3.74. The van der Waals surface area contributed by atoms with E-state index in [4.69, 9.17) is 17.0 Å². The largest absolute Gasteiger partial charge is 0.462 e. The maximum absolute atomic E-state index is 12.4. The van der Waals surface area contributed by atoms with Crippen LogP contribution in [0.3, 0.4) is 0 Å². The lowest BCUT2D eigenvalue weighted by Crippen LogP contribution is -2.28. The van der Waals surface area contributed by atoms with Crippen LogP contribution >= 0.6 is 23.6 Å². The van der Waals surface area contributed by atoms with Gasteiger partial charge in [0.25, 0.3) is 0 Å². The molecule has 3 rings (SSSR count). The Balaban J connectivity index is 1.71. The molecule has 2 N–H and O–H groups in total. The highest BCUT2D eigenvalue weighted by Gasteiger charge is 2.18. The molecular formula is C20H22N4O2S2. The minimum atomic E-state index is -0.351. The summed E-state index contributed by atoms with van der Waals surface area (Å²) in [5.41, 5.74) is 2.71. The molecule has 0 radical (unpaired) electrons. The Bertz CT molecular complexity index is 950. The van der Waals surface area contributed by atoms with Crippen LogP contribution in [0.1, 0.15) is 33.3 Å². The molecule has 0 aliphatic heterocycles. The maximum atomic E-state index is 12.4. The Hall–Kier alpha value is -2.71. The lowest BCUT2D eigenvalue weighted by molar-refractivity contribution is 0.0528. The smallest absolute Gasteiger partial charge is 0.341 e. The molecule has 0 atom stereocenters. The average Bonchev–Trinajstić information content (AvgIpc) is 3.27. The van der Waals surface area contributed by atoms with Crippen molar-refractivity contribution >= 4 is 39.6 Å². The molecule has 0 saturated heterocycles. The molecular weight excluding hydrogens is 392 g/mol. The number of aromatic nitrogens is 2. The number of anilines is 1. The van der Waals surface area contributed by atoms with E-state index in [1.807, 2.05) is 37.5 Å². The van der Waals surface area contributed by atoms with Gasteiger partial charge in [0.1, 0.15) is 5.00 Å². The second-order valence-electron chi connectivity index (χ2n) is 6.17. The van der Waals surface area contributed by atoms with Crippen molar-refractivity contribution in [2.24, 2.45) is 7.05 Å². The van der Waals surface area contributed by atoms with Gasteiger partial charge in [-0.1, -0.05) is 30.3 Å². The molecule has 1 aromatic carbocycles. The van der Waals surface area contributed by atoms with Crippen molar-refractivity contribution in [3.63, 3.8) is 0 Å². The molecule has 8 heteroatoms. The van der Waals surface area contributed by atoms with Crippen LogP contribution in [0.2, 0.25) is 0 Å². The molecule has 0 fully saturated rings. The molecule has 0 unspecified atom stereocenters. The van der Waals surface area contributed by atoms with Crippen molar-refractivity contribution in [1.29, 1.82) is 0 Å². The van der Waals surface area contributed by atoms with Gasteiger partial charge in [0.05, 0.1) is 18.4 Å². The molecule has 3 aromatic rings. The van der Waals surface area contributed by atoms with E-state index in [1.54, 1.807) is 17.8 Å². The molecule has 2 aromatic heterocycles. The number of carbonyl (C=O) groups excluding carboxylic acids is 1.